The van der Waals surface area contributed by atoms with Crippen LogP contribution >= 0.6 is 35.1 Å². The number of thiazole rings is 1. The van der Waals surface area contributed by atoms with Crippen molar-refractivity contribution in [1.82, 2.24) is 15.2 Å². The number of hydrogen-bond donors (Lipinski definition) is 1. The van der Waals surface area contributed by atoms with Crippen molar-refractivity contribution < 1.29 is 0 Å². The summed E-state index contributed by atoms with van der Waals surface area (Å²) in [5, 5.41) is 8.98. The second-order valence-corrected chi connectivity index (χ2v) is 7.01. The molecule has 3 rings (SSSR count). The van der Waals surface area contributed by atoms with Crippen molar-refractivity contribution in [2.24, 2.45) is 0 Å². The number of hydrogen-bond acceptors (Lipinski definition) is 5. The summed E-state index contributed by atoms with van der Waals surface area (Å²) in [7, 11) is 0. The first kappa shape index (κ1) is 15.9. The quantitative estimate of drug-likeness (QED) is 0.934. The molecule has 0 spiro atoms. The topological polar surface area (TPSA) is 28.2 Å². The molecule has 3 nitrogen and oxygen atoms in total. The Morgan fingerprint density at radius 1 is 1.40 bits per heavy atom. The fraction of sp³-hybridized carbons (Fsp3) is 0.500. The van der Waals surface area contributed by atoms with Crippen LogP contribution in [0.4, 0.5) is 0 Å². The molecule has 0 saturated carbocycles. The van der Waals surface area contributed by atoms with E-state index in [0.29, 0.717) is 12.1 Å². The van der Waals surface area contributed by atoms with Crippen molar-refractivity contribution in [2.45, 2.75) is 32.5 Å². The first-order valence-corrected chi connectivity index (χ1v) is 8.44. The Hall–Kier alpha value is -0.460. The Labute approximate surface area is 134 Å². The normalized spacial score (nSPS) is 23.5. The molecular weight excluding hydrogens is 310 g/mol. The molecule has 0 radical (unpaired) electrons. The molecular formula is C14H20ClN3S2. The summed E-state index contributed by atoms with van der Waals surface area (Å²) in [6.45, 7) is 7.67. The lowest BCUT2D eigenvalue weighted by Crippen LogP contribution is -2.53. The Morgan fingerprint density at radius 3 is 3.00 bits per heavy atom. The number of piperazine rings is 1. The zero-order valence-corrected chi connectivity index (χ0v) is 14.2. The maximum absolute atomic E-state index is 4.77. The van der Waals surface area contributed by atoms with Crippen molar-refractivity contribution >= 4 is 35.1 Å². The van der Waals surface area contributed by atoms with Crippen LogP contribution in [0.3, 0.4) is 0 Å². The lowest BCUT2D eigenvalue weighted by Gasteiger charge is -2.37. The minimum atomic E-state index is 0. The third-order valence-electron chi connectivity index (χ3n) is 3.54. The molecule has 0 aromatic carbocycles. The molecule has 1 aliphatic heterocycles. The second-order valence-electron chi connectivity index (χ2n) is 5.21. The molecule has 1 N–H and O–H groups in total. The number of thiophene rings is 1. The second kappa shape index (κ2) is 7.00. The van der Waals surface area contributed by atoms with Crippen LogP contribution in [-0.4, -0.2) is 35.1 Å². The maximum atomic E-state index is 4.77. The van der Waals surface area contributed by atoms with Gasteiger partial charge in [0.15, 0.2) is 0 Å². The summed E-state index contributed by atoms with van der Waals surface area (Å²) in [6, 6.07) is 5.39. The van der Waals surface area contributed by atoms with Gasteiger partial charge in [-0.1, -0.05) is 6.07 Å². The van der Waals surface area contributed by atoms with Crippen molar-refractivity contribution in [3.8, 4) is 9.88 Å². The molecule has 3 heterocycles. The van der Waals surface area contributed by atoms with E-state index in [0.717, 1.165) is 24.6 Å². The summed E-state index contributed by atoms with van der Waals surface area (Å²) >= 11 is 3.52. The first-order chi connectivity index (χ1) is 9.22. The van der Waals surface area contributed by atoms with Gasteiger partial charge < -0.3 is 5.32 Å². The summed E-state index contributed by atoms with van der Waals surface area (Å²) in [5.41, 5.74) is 1.20. The van der Waals surface area contributed by atoms with Gasteiger partial charge in [-0.2, -0.15) is 0 Å². The van der Waals surface area contributed by atoms with Crippen LogP contribution in [0.1, 0.15) is 19.5 Å². The van der Waals surface area contributed by atoms with Gasteiger partial charge in [0.1, 0.15) is 5.01 Å². The Balaban J connectivity index is 0.00000147. The highest BCUT2D eigenvalue weighted by Crippen LogP contribution is 2.28. The Morgan fingerprint density at radius 2 is 2.25 bits per heavy atom. The molecule has 2 unspecified atom stereocenters. The van der Waals surface area contributed by atoms with Crippen LogP contribution in [0.15, 0.2) is 22.9 Å². The van der Waals surface area contributed by atoms with Gasteiger partial charge in [0.2, 0.25) is 0 Å². The van der Waals surface area contributed by atoms with Crippen LogP contribution in [0, 0.1) is 0 Å². The minimum absolute atomic E-state index is 0. The largest absolute Gasteiger partial charge is 0.311 e. The third kappa shape index (κ3) is 3.59. The monoisotopic (exact) mass is 329 g/mol. The smallest absolute Gasteiger partial charge is 0.133 e. The predicted molar refractivity (Wildman–Crippen MR) is 90.0 cm³/mol. The molecule has 20 heavy (non-hydrogen) atoms. The summed E-state index contributed by atoms with van der Waals surface area (Å²) in [4.78, 5) is 8.57. The van der Waals surface area contributed by atoms with Crippen molar-refractivity contribution in [2.75, 3.05) is 13.1 Å². The zero-order chi connectivity index (χ0) is 13.2. The molecule has 0 bridgehead atoms. The molecule has 1 aliphatic rings. The van der Waals surface area contributed by atoms with Gasteiger partial charge in [0.05, 0.1) is 10.6 Å². The van der Waals surface area contributed by atoms with E-state index in [2.05, 4.69) is 47.0 Å². The van der Waals surface area contributed by atoms with Crippen LogP contribution in [0.2, 0.25) is 0 Å². The maximum Gasteiger partial charge on any atom is 0.133 e. The lowest BCUT2D eigenvalue weighted by molar-refractivity contribution is 0.137. The number of halogens is 1. The molecule has 2 aromatic rings. The van der Waals surface area contributed by atoms with E-state index < -0.39 is 0 Å². The number of nitrogens with zero attached hydrogens (tertiary/aromatic N) is 2. The van der Waals surface area contributed by atoms with Crippen molar-refractivity contribution in [3.63, 3.8) is 0 Å². The highest BCUT2D eigenvalue weighted by molar-refractivity contribution is 7.20. The van der Waals surface area contributed by atoms with E-state index in [-0.39, 0.29) is 12.4 Å². The Kier molecular flexibility index (Phi) is 5.57. The van der Waals surface area contributed by atoms with E-state index in [1.165, 1.54) is 10.6 Å². The predicted octanol–water partition coefficient (Wildman–Crippen LogP) is 3.48. The number of aromatic nitrogens is 1. The van der Waals surface area contributed by atoms with Gasteiger partial charge >= 0.3 is 0 Å². The molecule has 0 amide bonds. The fourth-order valence-corrected chi connectivity index (χ4v) is 4.04. The fourth-order valence-electron chi connectivity index (χ4n) is 2.42. The van der Waals surface area contributed by atoms with E-state index in [4.69, 9.17) is 4.98 Å². The third-order valence-corrected chi connectivity index (χ3v) is 5.47. The van der Waals surface area contributed by atoms with E-state index in [1.807, 2.05) is 0 Å². The minimum Gasteiger partial charge on any atom is -0.311 e. The zero-order valence-electron chi connectivity index (χ0n) is 11.7. The van der Waals surface area contributed by atoms with Gasteiger partial charge in [0.25, 0.3) is 0 Å². The summed E-state index contributed by atoms with van der Waals surface area (Å²) in [5.74, 6) is 0. The number of rotatable bonds is 3. The highest BCUT2D eigenvalue weighted by Gasteiger charge is 2.23. The standard InChI is InChI=1S/C14H19N3S2.ClH/c1-10-7-17(11(2)6-15-10)8-12-9-19-14(16-12)13-4-3-5-18-13;/h3-5,9-11,15H,6-8H2,1-2H3;1H. The van der Waals surface area contributed by atoms with Gasteiger partial charge in [0, 0.05) is 37.1 Å². The van der Waals surface area contributed by atoms with Crippen molar-refractivity contribution in [3.05, 3.63) is 28.6 Å². The van der Waals surface area contributed by atoms with Crippen LogP contribution in [-0.2, 0) is 6.54 Å². The Bertz CT molecular complexity index is 526. The molecule has 2 atom stereocenters. The average molecular weight is 330 g/mol. The van der Waals surface area contributed by atoms with Gasteiger partial charge in [-0.25, -0.2) is 4.98 Å². The van der Waals surface area contributed by atoms with Gasteiger partial charge in [-0.3, -0.25) is 4.90 Å². The van der Waals surface area contributed by atoms with Crippen LogP contribution < -0.4 is 5.32 Å². The van der Waals surface area contributed by atoms with Crippen LogP contribution in [0.25, 0.3) is 9.88 Å². The van der Waals surface area contributed by atoms with Crippen molar-refractivity contribution in [1.29, 1.82) is 0 Å². The molecule has 2 aromatic heterocycles. The molecule has 6 heteroatoms. The van der Waals surface area contributed by atoms with E-state index in [9.17, 15) is 0 Å². The molecule has 1 saturated heterocycles. The molecule has 1 fully saturated rings. The average Bonchev–Trinajstić information content (AvgIpc) is 3.04. The number of nitrogens with one attached hydrogen (secondary N) is 1. The van der Waals surface area contributed by atoms with E-state index in [1.54, 1.807) is 22.7 Å². The van der Waals surface area contributed by atoms with Gasteiger partial charge in [-0.15, -0.1) is 35.1 Å². The van der Waals surface area contributed by atoms with Gasteiger partial charge in [-0.05, 0) is 25.3 Å². The SMILES string of the molecule is CC1CN(Cc2csc(-c3cccs3)n2)C(C)CN1.Cl. The van der Waals surface area contributed by atoms with E-state index >= 15 is 0 Å². The van der Waals surface area contributed by atoms with Crippen LogP contribution in [0.5, 0.6) is 0 Å². The highest BCUT2D eigenvalue weighted by atomic mass is 35.5. The molecule has 110 valence electrons. The molecule has 0 aliphatic carbocycles. The first-order valence-electron chi connectivity index (χ1n) is 6.68. The lowest BCUT2D eigenvalue weighted by atomic mass is 10.1. The summed E-state index contributed by atoms with van der Waals surface area (Å²) < 4.78 is 0. The summed E-state index contributed by atoms with van der Waals surface area (Å²) in [6.07, 6.45) is 0.